The Morgan fingerprint density at radius 2 is 1.23 bits per heavy atom. The van der Waals surface area contributed by atoms with Crippen LogP contribution in [-0.2, 0) is 12.0 Å². The van der Waals surface area contributed by atoms with Gasteiger partial charge < -0.3 is 0 Å². The van der Waals surface area contributed by atoms with Crippen molar-refractivity contribution in [3.63, 3.8) is 0 Å². The number of nitrogens with zero attached hydrogens (tertiary/aromatic N) is 3. The summed E-state index contributed by atoms with van der Waals surface area (Å²) in [4.78, 5) is 14.0. The van der Waals surface area contributed by atoms with Crippen LogP contribution in [0.2, 0.25) is 0 Å². The summed E-state index contributed by atoms with van der Waals surface area (Å²) >= 11 is 0. The molecule has 3 nitrogen and oxygen atoms in total. The lowest BCUT2D eigenvalue weighted by atomic mass is 9.81. The van der Waals surface area contributed by atoms with E-state index in [1.165, 1.54) is 33.4 Å². The van der Waals surface area contributed by atoms with E-state index >= 15 is 0 Å². The Balaban J connectivity index is 1.33. The Labute approximate surface area is 236 Å². The van der Waals surface area contributed by atoms with Crippen molar-refractivity contribution < 1.29 is 0 Å². The van der Waals surface area contributed by atoms with Crippen molar-refractivity contribution in [2.45, 2.75) is 25.8 Å². The number of fused-ring (bicyclic) bond motifs is 3. The third kappa shape index (κ3) is 4.83. The van der Waals surface area contributed by atoms with E-state index in [0.29, 0.717) is 18.2 Å². The molecule has 0 fully saturated rings. The smallest absolute Gasteiger partial charge is 0.161 e. The van der Waals surface area contributed by atoms with E-state index in [0.717, 1.165) is 16.7 Å². The Morgan fingerprint density at radius 3 is 1.95 bits per heavy atom. The average molecular weight is 518 g/mol. The van der Waals surface area contributed by atoms with Crippen LogP contribution in [-0.4, -0.2) is 18.4 Å². The molecule has 40 heavy (non-hydrogen) atoms. The maximum absolute atomic E-state index is 4.96. The first-order valence-corrected chi connectivity index (χ1v) is 13.6. The molecule has 6 rings (SSSR count). The molecule has 0 bridgehead atoms. The van der Waals surface area contributed by atoms with Crippen molar-refractivity contribution in [3.05, 3.63) is 155 Å². The van der Waals surface area contributed by atoms with Gasteiger partial charge in [0.2, 0.25) is 0 Å². The van der Waals surface area contributed by atoms with Gasteiger partial charge in [0, 0.05) is 16.5 Å². The normalized spacial score (nSPS) is 13.9. The molecule has 0 heterocycles. The SMILES string of the molecule is C=NC(=NC(=NCc1cccc(-c2ccc3c(c2)C(C)(C)c2ccccc2-3)c1)c1ccccc1)c1ccccc1. The monoisotopic (exact) mass is 517 g/mol. The molecule has 0 N–H and O–H groups in total. The molecule has 5 aromatic rings. The minimum atomic E-state index is -0.0257. The number of rotatable bonds is 5. The van der Waals surface area contributed by atoms with Gasteiger partial charge in [0.25, 0.3) is 0 Å². The lowest BCUT2D eigenvalue weighted by Gasteiger charge is -2.22. The minimum Gasteiger partial charge on any atom is -0.261 e. The van der Waals surface area contributed by atoms with Gasteiger partial charge >= 0.3 is 0 Å². The fraction of sp³-hybridized carbons (Fsp3) is 0.108. The molecule has 0 aliphatic heterocycles. The quantitative estimate of drug-likeness (QED) is 0.165. The average Bonchev–Trinajstić information content (AvgIpc) is 3.24. The first-order chi connectivity index (χ1) is 19.5. The van der Waals surface area contributed by atoms with E-state index in [-0.39, 0.29) is 5.41 Å². The van der Waals surface area contributed by atoms with E-state index in [1.54, 1.807) is 0 Å². The van der Waals surface area contributed by atoms with E-state index < -0.39 is 0 Å². The maximum Gasteiger partial charge on any atom is 0.161 e. The van der Waals surface area contributed by atoms with Gasteiger partial charge in [-0.05, 0) is 57.8 Å². The number of benzene rings is 5. The van der Waals surface area contributed by atoms with Crippen LogP contribution in [0.4, 0.5) is 0 Å². The zero-order valence-corrected chi connectivity index (χ0v) is 22.9. The van der Waals surface area contributed by atoms with Crippen molar-refractivity contribution in [2.75, 3.05) is 0 Å². The molecule has 3 heteroatoms. The van der Waals surface area contributed by atoms with Gasteiger partial charge in [0.1, 0.15) is 0 Å². The standard InChI is InChI=1S/C37H31N3/c1-37(2)33-20-11-10-19-31(33)32-22-21-30(24-34(32)37)29-18-12-13-26(23-29)25-39-36(28-16-8-5-9-17-28)40-35(38-3)27-14-6-4-7-15-27/h4-24H,3,25H2,1-2H3. The van der Waals surface area contributed by atoms with Crippen LogP contribution in [0.1, 0.15) is 41.7 Å². The van der Waals surface area contributed by atoms with Crippen LogP contribution < -0.4 is 0 Å². The minimum absolute atomic E-state index is 0.0257. The zero-order chi connectivity index (χ0) is 27.5. The summed E-state index contributed by atoms with van der Waals surface area (Å²) in [7, 11) is 0. The molecular formula is C37H31N3. The van der Waals surface area contributed by atoms with Gasteiger partial charge in [-0.15, -0.1) is 0 Å². The molecular weight excluding hydrogens is 486 g/mol. The Bertz CT molecular complexity index is 1750. The van der Waals surface area contributed by atoms with Gasteiger partial charge in [0.05, 0.1) is 6.54 Å². The third-order valence-electron chi connectivity index (χ3n) is 7.68. The topological polar surface area (TPSA) is 37.1 Å². The van der Waals surface area contributed by atoms with Crippen LogP contribution >= 0.6 is 0 Å². The molecule has 5 aromatic carbocycles. The second-order valence-electron chi connectivity index (χ2n) is 10.6. The summed E-state index contributed by atoms with van der Waals surface area (Å²) in [6.07, 6.45) is 0. The van der Waals surface area contributed by atoms with Crippen molar-refractivity contribution in [2.24, 2.45) is 15.0 Å². The lowest BCUT2D eigenvalue weighted by molar-refractivity contribution is 0.660. The van der Waals surface area contributed by atoms with E-state index in [1.807, 2.05) is 60.7 Å². The van der Waals surface area contributed by atoms with E-state index in [2.05, 4.69) is 92.3 Å². The number of amidine groups is 2. The van der Waals surface area contributed by atoms with Crippen molar-refractivity contribution >= 4 is 18.4 Å². The van der Waals surface area contributed by atoms with Gasteiger partial charge in [-0.2, -0.15) is 0 Å². The Hall–Kier alpha value is -4.89. The van der Waals surface area contributed by atoms with Gasteiger partial charge in [0.15, 0.2) is 11.7 Å². The second-order valence-corrected chi connectivity index (χ2v) is 10.6. The summed E-state index contributed by atoms with van der Waals surface area (Å²) in [6, 6.07) is 44.2. The molecule has 0 saturated carbocycles. The van der Waals surface area contributed by atoms with Gasteiger partial charge in [-0.25, -0.2) is 9.98 Å². The maximum atomic E-state index is 4.96. The van der Waals surface area contributed by atoms with Crippen LogP contribution in [0.3, 0.4) is 0 Å². The predicted molar refractivity (Wildman–Crippen MR) is 169 cm³/mol. The van der Waals surface area contributed by atoms with Gasteiger partial charge in [-0.3, -0.25) is 4.99 Å². The Morgan fingerprint density at radius 1 is 0.600 bits per heavy atom. The van der Waals surface area contributed by atoms with Crippen LogP contribution in [0.15, 0.2) is 142 Å². The highest BCUT2D eigenvalue weighted by Crippen LogP contribution is 2.49. The second kappa shape index (κ2) is 10.7. The highest BCUT2D eigenvalue weighted by atomic mass is 15.0. The van der Waals surface area contributed by atoms with E-state index in [4.69, 9.17) is 9.98 Å². The molecule has 0 aromatic heterocycles. The van der Waals surface area contributed by atoms with Crippen LogP contribution in [0.5, 0.6) is 0 Å². The highest BCUT2D eigenvalue weighted by Gasteiger charge is 2.35. The molecule has 194 valence electrons. The Kier molecular flexibility index (Phi) is 6.79. The van der Waals surface area contributed by atoms with Crippen LogP contribution in [0, 0.1) is 0 Å². The van der Waals surface area contributed by atoms with E-state index in [9.17, 15) is 0 Å². The van der Waals surface area contributed by atoms with Crippen molar-refractivity contribution in [1.29, 1.82) is 0 Å². The number of hydrogen-bond donors (Lipinski definition) is 0. The summed E-state index contributed by atoms with van der Waals surface area (Å²) in [5.74, 6) is 1.19. The number of hydrogen-bond acceptors (Lipinski definition) is 1. The summed E-state index contributed by atoms with van der Waals surface area (Å²) < 4.78 is 0. The summed E-state index contributed by atoms with van der Waals surface area (Å²) in [6.45, 7) is 8.90. The molecule has 0 unspecified atom stereocenters. The highest BCUT2D eigenvalue weighted by molar-refractivity contribution is 6.12. The van der Waals surface area contributed by atoms with Crippen molar-refractivity contribution in [1.82, 2.24) is 0 Å². The molecule has 0 spiro atoms. The molecule has 0 radical (unpaired) electrons. The summed E-state index contributed by atoms with van der Waals surface area (Å²) in [5.41, 5.74) is 10.8. The number of aliphatic imine (C=N–C) groups is 3. The lowest BCUT2D eigenvalue weighted by Crippen LogP contribution is -2.14. The first kappa shape index (κ1) is 25.4. The molecule has 1 aliphatic carbocycles. The molecule has 1 aliphatic rings. The molecule has 0 amide bonds. The third-order valence-corrected chi connectivity index (χ3v) is 7.68. The van der Waals surface area contributed by atoms with Crippen LogP contribution in [0.25, 0.3) is 22.3 Å². The fourth-order valence-electron chi connectivity index (χ4n) is 5.56. The molecule has 0 saturated heterocycles. The molecule has 0 atom stereocenters. The predicted octanol–water partition coefficient (Wildman–Crippen LogP) is 8.75. The largest absolute Gasteiger partial charge is 0.261 e. The first-order valence-electron chi connectivity index (χ1n) is 13.6. The van der Waals surface area contributed by atoms with Crippen molar-refractivity contribution in [3.8, 4) is 22.3 Å². The zero-order valence-electron chi connectivity index (χ0n) is 22.9. The fourth-order valence-corrected chi connectivity index (χ4v) is 5.56. The summed E-state index contributed by atoms with van der Waals surface area (Å²) in [5, 5.41) is 0. The van der Waals surface area contributed by atoms with Gasteiger partial charge in [-0.1, -0.05) is 129 Å².